The van der Waals surface area contributed by atoms with E-state index < -0.39 is 34.0 Å². The molecule has 1 heterocycles. The summed E-state index contributed by atoms with van der Waals surface area (Å²) in [4.78, 5) is 39.6. The minimum absolute atomic E-state index is 0.0937. The number of benzene rings is 1. The molecule has 2 N–H and O–H groups in total. The van der Waals surface area contributed by atoms with Crippen LogP contribution in [0.5, 0.6) is 0 Å². The molecular weight excluding hydrogens is 456 g/mol. The van der Waals surface area contributed by atoms with Crippen LogP contribution in [0.3, 0.4) is 0 Å². The van der Waals surface area contributed by atoms with Gasteiger partial charge in [0.05, 0.1) is 4.90 Å². The monoisotopic (exact) mass is 492 g/mol. The predicted octanol–water partition coefficient (Wildman–Crippen LogP) is 3.16. The van der Waals surface area contributed by atoms with Gasteiger partial charge in [0.1, 0.15) is 12.1 Å². The fourth-order valence-corrected chi connectivity index (χ4v) is 6.46. The molecule has 10 heteroatoms. The average molecular weight is 493 g/mol. The minimum atomic E-state index is -3.71. The second-order valence-corrected chi connectivity index (χ2v) is 11.2. The van der Waals surface area contributed by atoms with Gasteiger partial charge in [0.15, 0.2) is 0 Å². The number of nitrogens with one attached hydrogen (secondary N) is 2. The SMILES string of the molecule is CCC1CCC2(CC1)NC(=O)N(CC(=O)Nc1cc(S(=O)(=O)N(CC)CC)cc(C)c1C)C2=O. The summed E-state index contributed by atoms with van der Waals surface area (Å²) in [5, 5.41) is 5.55. The highest BCUT2D eigenvalue weighted by molar-refractivity contribution is 7.89. The highest BCUT2D eigenvalue weighted by Gasteiger charge is 2.52. The molecule has 2 fully saturated rings. The van der Waals surface area contributed by atoms with Gasteiger partial charge in [0.25, 0.3) is 5.91 Å². The number of hydrogen-bond donors (Lipinski definition) is 2. The average Bonchev–Trinajstić information content (AvgIpc) is 3.01. The number of nitrogens with zero attached hydrogens (tertiary/aromatic N) is 2. The molecular formula is C24H36N4O5S. The zero-order chi connectivity index (χ0) is 25.3. The molecule has 1 aliphatic heterocycles. The van der Waals surface area contributed by atoms with E-state index in [4.69, 9.17) is 0 Å². The van der Waals surface area contributed by atoms with Crippen molar-refractivity contribution in [1.29, 1.82) is 0 Å². The number of amides is 4. The third-order valence-electron chi connectivity index (χ3n) is 7.34. The molecule has 1 aromatic carbocycles. The summed E-state index contributed by atoms with van der Waals surface area (Å²) in [6.07, 6.45) is 3.95. The molecule has 0 atom stereocenters. The van der Waals surface area contributed by atoms with Crippen molar-refractivity contribution in [1.82, 2.24) is 14.5 Å². The van der Waals surface area contributed by atoms with Crippen molar-refractivity contribution >= 4 is 33.6 Å². The number of rotatable bonds is 8. The molecule has 34 heavy (non-hydrogen) atoms. The van der Waals surface area contributed by atoms with Crippen molar-refractivity contribution in [2.45, 2.75) is 77.2 Å². The van der Waals surface area contributed by atoms with E-state index >= 15 is 0 Å². The maximum Gasteiger partial charge on any atom is 0.325 e. The van der Waals surface area contributed by atoms with Crippen LogP contribution in [0.4, 0.5) is 10.5 Å². The van der Waals surface area contributed by atoms with Crippen LogP contribution in [0.25, 0.3) is 0 Å². The summed E-state index contributed by atoms with van der Waals surface area (Å²) in [6, 6.07) is 2.47. The van der Waals surface area contributed by atoms with Gasteiger partial charge in [-0.3, -0.25) is 14.5 Å². The Balaban J connectivity index is 1.77. The first kappa shape index (κ1) is 26.2. The van der Waals surface area contributed by atoms with Crippen LogP contribution in [0, 0.1) is 19.8 Å². The molecule has 1 saturated heterocycles. The van der Waals surface area contributed by atoms with Crippen LogP contribution in [0.2, 0.25) is 0 Å². The normalized spacial score (nSPS) is 23.0. The largest absolute Gasteiger partial charge is 0.325 e. The van der Waals surface area contributed by atoms with Gasteiger partial charge in [-0.1, -0.05) is 27.2 Å². The van der Waals surface area contributed by atoms with Gasteiger partial charge in [-0.05, 0) is 68.7 Å². The molecule has 0 aromatic heterocycles. The Labute approximate surface area is 202 Å². The van der Waals surface area contributed by atoms with Gasteiger partial charge in [-0.2, -0.15) is 4.31 Å². The van der Waals surface area contributed by atoms with Gasteiger partial charge in [-0.25, -0.2) is 13.2 Å². The van der Waals surface area contributed by atoms with Gasteiger partial charge in [0.2, 0.25) is 15.9 Å². The third kappa shape index (κ3) is 4.84. The summed E-state index contributed by atoms with van der Waals surface area (Å²) in [5.41, 5.74) is 0.873. The number of aryl methyl sites for hydroxylation is 1. The molecule has 1 spiro atoms. The molecule has 2 aliphatic rings. The van der Waals surface area contributed by atoms with Gasteiger partial charge in [0, 0.05) is 18.8 Å². The molecule has 4 amide bonds. The first-order chi connectivity index (χ1) is 16.0. The molecule has 9 nitrogen and oxygen atoms in total. The lowest BCUT2D eigenvalue weighted by Gasteiger charge is -2.34. The van der Waals surface area contributed by atoms with Gasteiger partial charge < -0.3 is 10.6 Å². The van der Waals surface area contributed by atoms with E-state index in [1.54, 1.807) is 33.8 Å². The lowest BCUT2D eigenvalue weighted by Crippen LogP contribution is -2.49. The number of sulfonamides is 1. The number of carbonyl (C=O) groups is 3. The van der Waals surface area contributed by atoms with Crippen LogP contribution < -0.4 is 10.6 Å². The van der Waals surface area contributed by atoms with E-state index in [0.717, 1.165) is 29.7 Å². The third-order valence-corrected chi connectivity index (χ3v) is 9.37. The van der Waals surface area contributed by atoms with E-state index in [9.17, 15) is 22.8 Å². The lowest BCUT2D eigenvalue weighted by atomic mass is 9.75. The summed E-state index contributed by atoms with van der Waals surface area (Å²) < 4.78 is 27.3. The number of urea groups is 1. The standard InChI is InChI=1S/C24H36N4O5S/c1-6-18-9-11-24(12-10-18)22(30)28(23(31)26-24)15-21(29)25-20-14-19(13-16(4)17(20)5)34(32,33)27(7-2)8-3/h13-14,18H,6-12,15H2,1-5H3,(H,25,29)(H,26,31). The van der Waals surface area contributed by atoms with E-state index in [0.29, 0.717) is 43.1 Å². The van der Waals surface area contributed by atoms with Crippen LogP contribution in [0.15, 0.2) is 17.0 Å². The van der Waals surface area contributed by atoms with Crippen molar-refractivity contribution in [2.24, 2.45) is 5.92 Å². The Bertz CT molecular complexity index is 1070. The van der Waals surface area contributed by atoms with E-state index in [2.05, 4.69) is 17.6 Å². The number of hydrogen-bond acceptors (Lipinski definition) is 5. The van der Waals surface area contributed by atoms with Crippen LogP contribution in [-0.4, -0.2) is 60.6 Å². The number of carbonyl (C=O) groups excluding carboxylic acids is 3. The zero-order valence-electron chi connectivity index (χ0n) is 20.7. The lowest BCUT2D eigenvalue weighted by molar-refractivity contribution is -0.135. The fraction of sp³-hybridized carbons (Fsp3) is 0.625. The zero-order valence-corrected chi connectivity index (χ0v) is 21.5. The maximum absolute atomic E-state index is 13.1. The second kappa shape index (κ2) is 10.0. The van der Waals surface area contributed by atoms with Crippen LogP contribution in [0.1, 0.15) is 64.0 Å². The summed E-state index contributed by atoms with van der Waals surface area (Å²) >= 11 is 0. The number of imide groups is 1. The predicted molar refractivity (Wildman–Crippen MR) is 130 cm³/mol. The van der Waals surface area contributed by atoms with Crippen LogP contribution in [-0.2, 0) is 19.6 Å². The van der Waals surface area contributed by atoms with E-state index in [1.165, 1.54) is 10.4 Å². The highest BCUT2D eigenvalue weighted by atomic mass is 32.2. The first-order valence-corrected chi connectivity index (χ1v) is 13.5. The van der Waals surface area contributed by atoms with Crippen molar-refractivity contribution in [3.63, 3.8) is 0 Å². The Morgan fingerprint density at radius 1 is 1.15 bits per heavy atom. The Hall–Kier alpha value is -2.46. The highest BCUT2D eigenvalue weighted by Crippen LogP contribution is 2.37. The molecule has 1 aromatic rings. The first-order valence-electron chi connectivity index (χ1n) is 12.0. The molecule has 188 valence electrons. The summed E-state index contributed by atoms with van der Waals surface area (Å²) in [7, 11) is -3.71. The smallest absolute Gasteiger partial charge is 0.324 e. The Morgan fingerprint density at radius 2 is 1.76 bits per heavy atom. The van der Waals surface area contributed by atoms with Crippen molar-refractivity contribution in [3.8, 4) is 0 Å². The molecule has 0 bridgehead atoms. The van der Waals surface area contributed by atoms with Gasteiger partial charge in [-0.15, -0.1) is 0 Å². The number of anilines is 1. The molecule has 0 radical (unpaired) electrons. The van der Waals surface area contributed by atoms with Crippen molar-refractivity contribution in [2.75, 3.05) is 25.0 Å². The summed E-state index contributed by atoms with van der Waals surface area (Å²) in [6.45, 7) is 9.47. The fourth-order valence-electron chi connectivity index (χ4n) is 4.89. The molecule has 1 saturated carbocycles. The van der Waals surface area contributed by atoms with E-state index in [1.807, 2.05) is 0 Å². The molecule has 0 unspecified atom stereocenters. The van der Waals surface area contributed by atoms with Crippen molar-refractivity contribution < 1.29 is 22.8 Å². The minimum Gasteiger partial charge on any atom is -0.324 e. The van der Waals surface area contributed by atoms with Crippen molar-refractivity contribution in [3.05, 3.63) is 23.3 Å². The topological polar surface area (TPSA) is 116 Å². The second-order valence-electron chi connectivity index (χ2n) is 9.31. The maximum atomic E-state index is 13.1. The summed E-state index contributed by atoms with van der Waals surface area (Å²) in [5.74, 6) is -0.352. The van der Waals surface area contributed by atoms with Crippen LogP contribution >= 0.6 is 0 Å². The molecule has 3 rings (SSSR count). The van der Waals surface area contributed by atoms with Gasteiger partial charge >= 0.3 is 6.03 Å². The molecule has 1 aliphatic carbocycles. The van der Waals surface area contributed by atoms with E-state index in [-0.39, 0.29) is 10.8 Å². The Morgan fingerprint density at radius 3 is 2.32 bits per heavy atom. The Kier molecular flexibility index (Phi) is 7.72. The quantitative estimate of drug-likeness (QED) is 0.541.